The highest BCUT2D eigenvalue weighted by Crippen LogP contribution is 2.24. The van der Waals surface area contributed by atoms with E-state index in [4.69, 9.17) is 18.9 Å². The second-order valence-electron chi connectivity index (χ2n) is 7.21. The van der Waals surface area contributed by atoms with Gasteiger partial charge in [-0.1, -0.05) is 0 Å². The van der Waals surface area contributed by atoms with Crippen LogP contribution in [-0.2, 0) is 9.47 Å². The Balaban J connectivity index is 0.00000300. The van der Waals surface area contributed by atoms with Crippen LogP contribution in [-0.4, -0.2) is 94.5 Å². The standard InChI is InChI=1S/C20H35N5O3.HI/c1-3-21-20(22-6-7-24-8-12-26-13-9-24)23-16-18(19-5-4-17(2)28-19)25-10-14-27-15-11-25;/h4-5,18H,3,6-16H2,1-2H3,(H2,21,22,23);1H. The topological polar surface area (TPSA) is 74.5 Å². The van der Waals surface area contributed by atoms with Crippen LogP contribution in [0.25, 0.3) is 0 Å². The van der Waals surface area contributed by atoms with Crippen molar-refractivity contribution < 1.29 is 13.9 Å². The summed E-state index contributed by atoms with van der Waals surface area (Å²) in [5.74, 6) is 2.78. The zero-order valence-electron chi connectivity index (χ0n) is 17.7. The second kappa shape index (κ2) is 13.4. The van der Waals surface area contributed by atoms with Crippen LogP contribution in [0.3, 0.4) is 0 Å². The molecule has 1 aromatic rings. The van der Waals surface area contributed by atoms with Gasteiger partial charge in [-0.3, -0.25) is 14.8 Å². The maximum atomic E-state index is 5.94. The van der Waals surface area contributed by atoms with E-state index < -0.39 is 0 Å². The largest absolute Gasteiger partial charge is 0.465 e. The number of morpholine rings is 2. The van der Waals surface area contributed by atoms with Crippen LogP contribution in [0.15, 0.2) is 21.5 Å². The maximum absolute atomic E-state index is 5.94. The number of ether oxygens (including phenoxy) is 2. The van der Waals surface area contributed by atoms with Gasteiger partial charge in [0.15, 0.2) is 5.96 Å². The predicted molar refractivity (Wildman–Crippen MR) is 125 cm³/mol. The molecule has 2 saturated heterocycles. The van der Waals surface area contributed by atoms with E-state index in [0.29, 0.717) is 6.54 Å². The molecule has 3 heterocycles. The van der Waals surface area contributed by atoms with Crippen molar-refractivity contribution in [1.82, 2.24) is 20.4 Å². The van der Waals surface area contributed by atoms with Gasteiger partial charge in [-0.05, 0) is 26.0 Å². The van der Waals surface area contributed by atoms with Crippen molar-refractivity contribution in [3.63, 3.8) is 0 Å². The molecule has 0 amide bonds. The Hall–Kier alpha value is -0.880. The molecule has 8 nitrogen and oxygen atoms in total. The quantitative estimate of drug-likeness (QED) is 0.305. The maximum Gasteiger partial charge on any atom is 0.191 e. The Morgan fingerprint density at radius 1 is 1.07 bits per heavy atom. The average molecular weight is 521 g/mol. The summed E-state index contributed by atoms with van der Waals surface area (Å²) in [5, 5.41) is 6.82. The minimum atomic E-state index is 0. The minimum Gasteiger partial charge on any atom is -0.465 e. The number of halogens is 1. The van der Waals surface area contributed by atoms with E-state index >= 15 is 0 Å². The van der Waals surface area contributed by atoms with Crippen LogP contribution < -0.4 is 10.6 Å². The highest BCUT2D eigenvalue weighted by molar-refractivity contribution is 14.0. The summed E-state index contributed by atoms with van der Waals surface area (Å²) in [6, 6.07) is 4.23. The number of nitrogens with zero attached hydrogens (tertiary/aromatic N) is 3. The van der Waals surface area contributed by atoms with Crippen molar-refractivity contribution in [2.75, 3.05) is 78.8 Å². The smallest absolute Gasteiger partial charge is 0.191 e. The van der Waals surface area contributed by atoms with Crippen LogP contribution in [0.5, 0.6) is 0 Å². The number of hydrogen-bond acceptors (Lipinski definition) is 6. The molecule has 0 bridgehead atoms. The van der Waals surface area contributed by atoms with Crippen LogP contribution in [0.4, 0.5) is 0 Å². The van der Waals surface area contributed by atoms with Crippen LogP contribution in [0.2, 0.25) is 0 Å². The molecule has 1 atom stereocenters. The molecule has 166 valence electrons. The fourth-order valence-electron chi connectivity index (χ4n) is 3.58. The predicted octanol–water partition coefficient (Wildman–Crippen LogP) is 1.47. The summed E-state index contributed by atoms with van der Waals surface area (Å²) in [6.45, 7) is 14.4. The van der Waals surface area contributed by atoms with Crippen molar-refractivity contribution in [2.24, 2.45) is 4.99 Å². The Kier molecular flexibility index (Phi) is 11.3. The lowest BCUT2D eigenvalue weighted by molar-refractivity contribution is 0.0135. The van der Waals surface area contributed by atoms with E-state index in [9.17, 15) is 0 Å². The third-order valence-electron chi connectivity index (χ3n) is 5.17. The van der Waals surface area contributed by atoms with Gasteiger partial charge in [0.2, 0.25) is 0 Å². The first-order chi connectivity index (χ1) is 13.8. The number of guanidine groups is 1. The number of nitrogens with one attached hydrogen (secondary N) is 2. The molecule has 0 aliphatic carbocycles. The molecular weight excluding hydrogens is 485 g/mol. The number of rotatable bonds is 8. The highest BCUT2D eigenvalue weighted by Gasteiger charge is 2.25. The first kappa shape index (κ1) is 24.4. The van der Waals surface area contributed by atoms with Crippen LogP contribution in [0, 0.1) is 6.92 Å². The van der Waals surface area contributed by atoms with E-state index in [0.717, 1.165) is 89.7 Å². The van der Waals surface area contributed by atoms with Gasteiger partial charge in [0.1, 0.15) is 11.5 Å². The second-order valence-corrected chi connectivity index (χ2v) is 7.21. The van der Waals surface area contributed by atoms with Gasteiger partial charge in [0, 0.05) is 45.8 Å². The summed E-state index contributed by atoms with van der Waals surface area (Å²) in [7, 11) is 0. The Morgan fingerprint density at radius 2 is 1.76 bits per heavy atom. The molecule has 2 aliphatic rings. The number of aliphatic imine (C=N–C) groups is 1. The van der Waals surface area contributed by atoms with E-state index in [1.54, 1.807) is 0 Å². The lowest BCUT2D eigenvalue weighted by Gasteiger charge is -2.32. The molecule has 1 unspecified atom stereocenters. The summed E-state index contributed by atoms with van der Waals surface area (Å²) < 4.78 is 16.9. The van der Waals surface area contributed by atoms with Gasteiger partial charge in [-0.25, -0.2) is 0 Å². The van der Waals surface area contributed by atoms with Crippen molar-refractivity contribution in [3.05, 3.63) is 23.7 Å². The molecule has 1 aromatic heterocycles. The van der Waals surface area contributed by atoms with Gasteiger partial charge in [-0.15, -0.1) is 24.0 Å². The summed E-state index contributed by atoms with van der Waals surface area (Å²) in [4.78, 5) is 9.69. The fraction of sp³-hybridized carbons (Fsp3) is 0.750. The average Bonchev–Trinajstić information content (AvgIpc) is 3.16. The minimum absolute atomic E-state index is 0. The van der Waals surface area contributed by atoms with Gasteiger partial charge in [-0.2, -0.15) is 0 Å². The number of hydrogen-bond donors (Lipinski definition) is 2. The van der Waals surface area contributed by atoms with E-state index in [1.807, 2.05) is 13.0 Å². The monoisotopic (exact) mass is 521 g/mol. The van der Waals surface area contributed by atoms with E-state index in [2.05, 4.69) is 33.4 Å². The van der Waals surface area contributed by atoms with Crippen molar-refractivity contribution in [2.45, 2.75) is 19.9 Å². The van der Waals surface area contributed by atoms with E-state index in [-0.39, 0.29) is 30.0 Å². The zero-order chi connectivity index (χ0) is 19.6. The van der Waals surface area contributed by atoms with Gasteiger partial charge >= 0.3 is 0 Å². The molecule has 2 aliphatic heterocycles. The van der Waals surface area contributed by atoms with E-state index in [1.165, 1.54) is 0 Å². The lowest BCUT2D eigenvalue weighted by Crippen LogP contribution is -2.45. The SMILES string of the molecule is CCNC(=NCC(c1ccc(C)o1)N1CCOCC1)NCCN1CCOCC1.I. The third kappa shape index (κ3) is 8.05. The van der Waals surface area contributed by atoms with Crippen LogP contribution >= 0.6 is 24.0 Å². The molecule has 0 radical (unpaired) electrons. The molecule has 0 aromatic carbocycles. The third-order valence-corrected chi connectivity index (χ3v) is 5.17. The first-order valence-electron chi connectivity index (χ1n) is 10.5. The van der Waals surface area contributed by atoms with Crippen molar-refractivity contribution >= 4 is 29.9 Å². The molecule has 0 spiro atoms. The molecule has 0 saturated carbocycles. The summed E-state index contributed by atoms with van der Waals surface area (Å²) in [6.07, 6.45) is 0. The van der Waals surface area contributed by atoms with Gasteiger partial charge in [0.25, 0.3) is 0 Å². The van der Waals surface area contributed by atoms with Gasteiger partial charge in [0.05, 0.1) is 39.0 Å². The summed E-state index contributed by atoms with van der Waals surface area (Å²) in [5.41, 5.74) is 0. The molecule has 9 heteroatoms. The highest BCUT2D eigenvalue weighted by atomic mass is 127. The zero-order valence-corrected chi connectivity index (χ0v) is 20.0. The first-order valence-corrected chi connectivity index (χ1v) is 10.5. The molecule has 29 heavy (non-hydrogen) atoms. The van der Waals surface area contributed by atoms with Crippen molar-refractivity contribution in [1.29, 1.82) is 0 Å². The number of aryl methyl sites for hydroxylation is 1. The molecule has 2 N–H and O–H groups in total. The Labute approximate surface area is 191 Å². The van der Waals surface area contributed by atoms with Gasteiger partial charge < -0.3 is 24.5 Å². The lowest BCUT2D eigenvalue weighted by atomic mass is 10.1. The fourth-order valence-corrected chi connectivity index (χ4v) is 3.58. The molecular formula is C20H36IN5O3. The van der Waals surface area contributed by atoms with Crippen molar-refractivity contribution in [3.8, 4) is 0 Å². The molecule has 2 fully saturated rings. The normalized spacial score (nSPS) is 20.1. The Bertz CT molecular complexity index is 601. The summed E-state index contributed by atoms with van der Waals surface area (Å²) >= 11 is 0. The Morgan fingerprint density at radius 3 is 2.38 bits per heavy atom. The molecule has 3 rings (SSSR count). The number of furan rings is 1. The van der Waals surface area contributed by atoms with Crippen LogP contribution in [0.1, 0.15) is 24.5 Å².